The number of halogens is 1. The Morgan fingerprint density at radius 2 is 1.62 bits per heavy atom. The molecule has 2 amide bonds. The first-order valence-electron chi connectivity index (χ1n) is 9.62. The summed E-state index contributed by atoms with van der Waals surface area (Å²) in [4.78, 5) is 26.1. The molecule has 0 spiro atoms. The fourth-order valence-corrected chi connectivity index (χ4v) is 2.71. The number of rotatable bonds is 7. The Kier molecular flexibility index (Phi) is 9.42. The molecule has 0 aliphatic rings. The van der Waals surface area contributed by atoms with Gasteiger partial charge in [-0.05, 0) is 65.7 Å². The first-order valence-corrected chi connectivity index (χ1v) is 10.4. The molecule has 0 radical (unpaired) electrons. The van der Waals surface area contributed by atoms with Crippen LogP contribution in [0.5, 0.6) is 0 Å². The molecule has 0 aliphatic heterocycles. The van der Waals surface area contributed by atoms with Crippen molar-refractivity contribution in [3.05, 3.63) is 34.3 Å². The van der Waals surface area contributed by atoms with Crippen LogP contribution in [0.25, 0.3) is 0 Å². The van der Waals surface area contributed by atoms with Crippen LogP contribution in [0.2, 0.25) is 0 Å². The number of carbonyl (C=O) groups is 2. The zero-order valence-electron chi connectivity index (χ0n) is 18.1. The quantitative estimate of drug-likeness (QED) is 0.611. The third-order valence-corrected chi connectivity index (χ3v) is 4.22. The fraction of sp³-hybridized carbons (Fsp3) is 0.619. The predicted molar refractivity (Wildman–Crippen MR) is 116 cm³/mol. The topological polar surface area (TPSA) is 88.1 Å². The van der Waals surface area contributed by atoms with E-state index in [0.29, 0.717) is 6.42 Å². The molecule has 0 heterocycles. The highest BCUT2D eigenvalue weighted by Crippen LogP contribution is 2.18. The third kappa shape index (κ3) is 10.5. The molecule has 164 valence electrons. The van der Waals surface area contributed by atoms with Gasteiger partial charge in [0.05, 0.1) is 12.6 Å². The van der Waals surface area contributed by atoms with Crippen LogP contribution >= 0.6 is 15.9 Å². The lowest BCUT2D eigenvalue weighted by molar-refractivity contribution is 0.00571. The number of aliphatic hydroxyl groups is 1. The minimum atomic E-state index is -0.663. The summed E-state index contributed by atoms with van der Waals surface area (Å²) in [6.07, 6.45) is -0.700. The number of amides is 2. The Bertz CT molecular complexity index is 665. The van der Waals surface area contributed by atoms with E-state index in [1.54, 1.807) is 41.5 Å². The number of carbonyl (C=O) groups excluding carboxylic acids is 2. The van der Waals surface area contributed by atoms with Crippen molar-refractivity contribution in [3.63, 3.8) is 0 Å². The number of benzene rings is 1. The predicted octanol–water partition coefficient (Wildman–Crippen LogP) is 4.46. The van der Waals surface area contributed by atoms with Crippen LogP contribution in [0.4, 0.5) is 9.59 Å². The van der Waals surface area contributed by atoms with Gasteiger partial charge in [-0.1, -0.05) is 28.1 Å². The van der Waals surface area contributed by atoms with Gasteiger partial charge in [-0.2, -0.15) is 0 Å². The fourth-order valence-electron chi connectivity index (χ4n) is 2.45. The molecule has 0 bridgehead atoms. The van der Waals surface area contributed by atoms with Crippen LogP contribution in [-0.2, 0) is 16.0 Å². The van der Waals surface area contributed by atoms with E-state index in [-0.39, 0.29) is 19.7 Å². The van der Waals surface area contributed by atoms with Gasteiger partial charge in [0.1, 0.15) is 11.2 Å². The Morgan fingerprint density at radius 3 is 2.10 bits per heavy atom. The Labute approximate surface area is 181 Å². The molecule has 7 nitrogen and oxygen atoms in total. The van der Waals surface area contributed by atoms with E-state index in [4.69, 9.17) is 9.47 Å². The molecule has 0 fully saturated rings. The summed E-state index contributed by atoms with van der Waals surface area (Å²) in [6.45, 7) is 11.0. The number of hydrogen-bond donors (Lipinski definition) is 2. The number of ether oxygens (including phenoxy) is 2. The summed E-state index contributed by atoms with van der Waals surface area (Å²) < 4.78 is 11.7. The highest BCUT2D eigenvalue weighted by Gasteiger charge is 2.28. The van der Waals surface area contributed by atoms with Gasteiger partial charge < -0.3 is 19.9 Å². The molecule has 29 heavy (non-hydrogen) atoms. The number of nitrogens with one attached hydrogen (secondary N) is 1. The maximum absolute atomic E-state index is 12.8. The number of alkyl carbamates (subject to hydrolysis) is 1. The van der Waals surface area contributed by atoms with E-state index in [1.165, 1.54) is 4.90 Å². The van der Waals surface area contributed by atoms with Gasteiger partial charge in [0.2, 0.25) is 0 Å². The summed E-state index contributed by atoms with van der Waals surface area (Å²) >= 11 is 3.39. The van der Waals surface area contributed by atoms with Crippen LogP contribution in [-0.4, -0.2) is 52.6 Å². The average Bonchev–Trinajstić information content (AvgIpc) is 2.55. The minimum Gasteiger partial charge on any atom is -0.444 e. The van der Waals surface area contributed by atoms with Gasteiger partial charge in [0, 0.05) is 17.6 Å². The Balaban J connectivity index is 2.85. The highest BCUT2D eigenvalue weighted by molar-refractivity contribution is 9.10. The normalized spacial score (nSPS) is 12.8. The van der Waals surface area contributed by atoms with E-state index < -0.39 is 29.4 Å². The van der Waals surface area contributed by atoms with Crippen molar-refractivity contribution in [2.45, 2.75) is 71.8 Å². The summed E-state index contributed by atoms with van der Waals surface area (Å²) in [7, 11) is 0. The molecule has 2 N–H and O–H groups in total. The van der Waals surface area contributed by atoms with Gasteiger partial charge in [-0.25, -0.2) is 9.59 Å². The van der Waals surface area contributed by atoms with Crippen LogP contribution < -0.4 is 5.32 Å². The molecule has 0 aliphatic carbocycles. The lowest BCUT2D eigenvalue weighted by Gasteiger charge is -2.33. The van der Waals surface area contributed by atoms with Gasteiger partial charge in [-0.3, -0.25) is 4.90 Å². The van der Waals surface area contributed by atoms with E-state index in [1.807, 2.05) is 24.3 Å². The molecule has 1 aromatic rings. The van der Waals surface area contributed by atoms with Gasteiger partial charge in [0.25, 0.3) is 0 Å². The van der Waals surface area contributed by atoms with Crippen molar-refractivity contribution in [1.29, 1.82) is 0 Å². The Hall–Kier alpha value is -1.80. The number of aliphatic hydroxyl groups excluding tert-OH is 1. The standard InChI is InChI=1S/C21H33BrN2O5/c1-20(2,3)28-18(26)23-12-11-17(14-25)24(19(27)29-21(4,5)6)13-15-7-9-16(22)10-8-15/h7-10,17,25H,11-14H2,1-6H3,(H,23,26)/t17-/m1/s1. The molecule has 0 saturated carbocycles. The van der Waals surface area contributed by atoms with Gasteiger partial charge >= 0.3 is 12.2 Å². The summed E-state index contributed by atoms with van der Waals surface area (Å²) in [5, 5.41) is 12.6. The lowest BCUT2D eigenvalue weighted by atomic mass is 10.1. The van der Waals surface area contributed by atoms with Crippen molar-refractivity contribution < 1.29 is 24.2 Å². The molecule has 0 saturated heterocycles. The van der Waals surface area contributed by atoms with E-state index in [9.17, 15) is 14.7 Å². The largest absolute Gasteiger partial charge is 0.444 e. The maximum Gasteiger partial charge on any atom is 0.410 e. The van der Waals surface area contributed by atoms with Crippen LogP contribution in [0.3, 0.4) is 0 Å². The minimum absolute atomic E-state index is 0.250. The average molecular weight is 473 g/mol. The van der Waals surface area contributed by atoms with Gasteiger partial charge in [0.15, 0.2) is 0 Å². The lowest BCUT2D eigenvalue weighted by Crippen LogP contribution is -2.46. The molecule has 0 unspecified atom stereocenters. The van der Waals surface area contributed by atoms with E-state index in [0.717, 1.165) is 10.0 Å². The van der Waals surface area contributed by atoms with Crippen molar-refractivity contribution in [3.8, 4) is 0 Å². The van der Waals surface area contributed by atoms with Crippen molar-refractivity contribution >= 4 is 28.1 Å². The molecule has 1 rings (SSSR count). The molecular formula is C21H33BrN2O5. The summed E-state index contributed by atoms with van der Waals surface area (Å²) in [5.41, 5.74) is -0.355. The third-order valence-electron chi connectivity index (χ3n) is 3.69. The van der Waals surface area contributed by atoms with Crippen LogP contribution in [0, 0.1) is 0 Å². The molecule has 8 heteroatoms. The first-order chi connectivity index (χ1) is 13.3. The van der Waals surface area contributed by atoms with Crippen molar-refractivity contribution in [2.24, 2.45) is 0 Å². The monoisotopic (exact) mass is 472 g/mol. The summed E-state index contributed by atoms with van der Waals surface area (Å²) in [5.74, 6) is 0. The summed E-state index contributed by atoms with van der Waals surface area (Å²) in [6, 6.07) is 7.05. The molecule has 1 atom stereocenters. The molecule has 0 aromatic heterocycles. The second-order valence-electron chi connectivity index (χ2n) is 8.79. The second kappa shape index (κ2) is 10.8. The second-order valence-corrected chi connectivity index (χ2v) is 9.70. The SMILES string of the molecule is CC(C)(C)OC(=O)NCC[C@H](CO)N(Cc1ccc(Br)cc1)C(=O)OC(C)(C)C. The molecular weight excluding hydrogens is 440 g/mol. The Morgan fingerprint density at radius 1 is 1.07 bits per heavy atom. The zero-order valence-corrected chi connectivity index (χ0v) is 19.7. The van der Waals surface area contributed by atoms with Gasteiger partial charge in [-0.15, -0.1) is 0 Å². The molecule has 1 aromatic carbocycles. The highest BCUT2D eigenvalue weighted by atomic mass is 79.9. The number of hydrogen-bond acceptors (Lipinski definition) is 5. The first kappa shape index (κ1) is 25.2. The van der Waals surface area contributed by atoms with Crippen LogP contribution in [0.1, 0.15) is 53.5 Å². The van der Waals surface area contributed by atoms with Crippen molar-refractivity contribution in [1.82, 2.24) is 10.2 Å². The van der Waals surface area contributed by atoms with Crippen molar-refractivity contribution in [2.75, 3.05) is 13.2 Å². The van der Waals surface area contributed by atoms with E-state index >= 15 is 0 Å². The number of nitrogens with zero attached hydrogens (tertiary/aromatic N) is 1. The zero-order chi connectivity index (χ0) is 22.2. The smallest absolute Gasteiger partial charge is 0.410 e. The van der Waals surface area contributed by atoms with E-state index in [2.05, 4.69) is 21.2 Å². The maximum atomic E-state index is 12.8. The van der Waals surface area contributed by atoms with Crippen LogP contribution in [0.15, 0.2) is 28.7 Å².